The van der Waals surface area contributed by atoms with Crippen molar-refractivity contribution in [3.63, 3.8) is 0 Å². The summed E-state index contributed by atoms with van der Waals surface area (Å²) >= 11 is 13.3. The number of carbonyl (C=O) groups excluding carboxylic acids is 1. The molecule has 0 unspecified atom stereocenters. The summed E-state index contributed by atoms with van der Waals surface area (Å²) in [5.41, 5.74) is 0.747. The first kappa shape index (κ1) is 13.0. The van der Waals surface area contributed by atoms with Gasteiger partial charge in [-0.25, -0.2) is 0 Å². The first-order valence-corrected chi connectivity index (χ1v) is 8.35. The van der Waals surface area contributed by atoms with Crippen LogP contribution in [0.2, 0.25) is 0 Å². The maximum Gasteiger partial charge on any atom is 0.170 e. The number of thiophene rings is 2. The van der Waals surface area contributed by atoms with Crippen molar-refractivity contribution in [3.8, 4) is 0 Å². The van der Waals surface area contributed by atoms with Gasteiger partial charge in [-0.1, -0.05) is 0 Å². The highest BCUT2D eigenvalue weighted by molar-refractivity contribution is 9.12. The molecule has 0 aliphatic rings. The minimum Gasteiger partial charge on any atom is -0.294 e. The van der Waals surface area contributed by atoms with E-state index >= 15 is 0 Å². The lowest BCUT2D eigenvalue weighted by Gasteiger charge is -1.97. The van der Waals surface area contributed by atoms with Crippen LogP contribution in [0, 0.1) is 0 Å². The molecule has 0 radical (unpaired) electrons. The topological polar surface area (TPSA) is 17.1 Å². The molecule has 2 aromatic heterocycles. The van der Waals surface area contributed by atoms with Crippen LogP contribution in [-0.4, -0.2) is 5.78 Å². The fraction of sp³-hybridized carbons (Fsp3) is 0.100. The fourth-order valence-corrected chi connectivity index (χ4v) is 5.57. The maximum atomic E-state index is 12.0. The Bertz CT molecular complexity index is 530. The van der Waals surface area contributed by atoms with Crippen molar-refractivity contribution in [3.05, 3.63) is 40.0 Å². The van der Waals surface area contributed by atoms with E-state index in [0.717, 1.165) is 22.5 Å². The second-order valence-electron chi connectivity index (χ2n) is 3.03. The Hall–Kier alpha value is 0.510. The number of rotatable bonds is 3. The molecular weight excluding hydrogens is 440 g/mol. The summed E-state index contributed by atoms with van der Waals surface area (Å²) in [6.07, 6.45) is 0.444. The number of hydrogen-bond donors (Lipinski definition) is 0. The van der Waals surface area contributed by atoms with E-state index in [1.54, 1.807) is 11.3 Å². The van der Waals surface area contributed by atoms with Crippen LogP contribution in [0.25, 0.3) is 0 Å². The van der Waals surface area contributed by atoms with Gasteiger partial charge in [0.25, 0.3) is 0 Å². The van der Waals surface area contributed by atoms with Crippen LogP contribution in [-0.2, 0) is 6.42 Å². The van der Waals surface area contributed by atoms with Gasteiger partial charge in [0, 0.05) is 21.3 Å². The first-order valence-electron chi connectivity index (χ1n) is 4.28. The highest BCUT2D eigenvalue weighted by atomic mass is 79.9. The van der Waals surface area contributed by atoms with Crippen LogP contribution in [0.1, 0.15) is 15.2 Å². The highest BCUT2D eigenvalue weighted by Gasteiger charge is 2.15. The zero-order valence-electron chi connectivity index (χ0n) is 7.80. The average molecular weight is 445 g/mol. The summed E-state index contributed by atoms with van der Waals surface area (Å²) in [5.74, 6) is 0.136. The number of carbonyl (C=O) groups is 1. The van der Waals surface area contributed by atoms with E-state index in [-0.39, 0.29) is 5.78 Å². The molecule has 0 bridgehead atoms. The average Bonchev–Trinajstić information content (AvgIpc) is 2.74. The van der Waals surface area contributed by atoms with Crippen molar-refractivity contribution in [2.24, 2.45) is 0 Å². The van der Waals surface area contributed by atoms with Crippen LogP contribution in [0.5, 0.6) is 0 Å². The summed E-state index contributed by atoms with van der Waals surface area (Å²) in [6.45, 7) is 0. The molecule has 2 heterocycles. The van der Waals surface area contributed by atoms with Crippen LogP contribution in [0.4, 0.5) is 0 Å². The van der Waals surface area contributed by atoms with Crippen molar-refractivity contribution in [2.75, 3.05) is 0 Å². The second kappa shape index (κ2) is 5.44. The van der Waals surface area contributed by atoms with E-state index < -0.39 is 0 Å². The molecule has 0 saturated carbocycles. The lowest BCUT2D eigenvalue weighted by molar-refractivity contribution is 0.0993. The molecule has 0 atom stereocenters. The van der Waals surface area contributed by atoms with Gasteiger partial charge in [-0.05, 0) is 65.3 Å². The van der Waals surface area contributed by atoms with Crippen LogP contribution < -0.4 is 0 Å². The summed E-state index contributed by atoms with van der Waals surface area (Å²) in [4.78, 5) is 13.1. The van der Waals surface area contributed by atoms with Crippen molar-refractivity contribution in [2.45, 2.75) is 6.42 Å². The third-order valence-electron chi connectivity index (χ3n) is 1.97. The highest BCUT2D eigenvalue weighted by Crippen LogP contribution is 2.33. The van der Waals surface area contributed by atoms with Crippen LogP contribution in [0.3, 0.4) is 0 Å². The maximum absolute atomic E-state index is 12.0. The predicted octanol–water partition coefficient (Wildman–Crippen LogP) is 5.52. The lowest BCUT2D eigenvalue weighted by atomic mass is 10.1. The molecule has 0 fully saturated rings. The number of ketones is 1. The van der Waals surface area contributed by atoms with Gasteiger partial charge in [0.2, 0.25) is 0 Å². The predicted molar refractivity (Wildman–Crippen MR) is 79.8 cm³/mol. The molecule has 16 heavy (non-hydrogen) atoms. The first-order chi connectivity index (χ1) is 7.58. The Morgan fingerprint density at radius 1 is 1.31 bits per heavy atom. The largest absolute Gasteiger partial charge is 0.294 e. The molecule has 6 heteroatoms. The number of halogens is 3. The van der Waals surface area contributed by atoms with Gasteiger partial charge in [0.15, 0.2) is 5.78 Å². The molecule has 1 nitrogen and oxygen atoms in total. The molecular formula is C10H5Br3OS2. The quantitative estimate of drug-likeness (QED) is 0.569. The van der Waals surface area contributed by atoms with E-state index in [0.29, 0.717) is 6.42 Å². The molecule has 0 aromatic carbocycles. The lowest BCUT2D eigenvalue weighted by Crippen LogP contribution is -2.01. The van der Waals surface area contributed by atoms with E-state index in [4.69, 9.17) is 0 Å². The molecule has 0 saturated heterocycles. The third-order valence-corrected chi connectivity index (χ3v) is 6.23. The van der Waals surface area contributed by atoms with Crippen LogP contribution in [0.15, 0.2) is 29.6 Å². The van der Waals surface area contributed by atoms with Gasteiger partial charge < -0.3 is 0 Å². The molecule has 84 valence electrons. The summed E-state index contributed by atoms with van der Waals surface area (Å²) in [7, 11) is 0. The van der Waals surface area contributed by atoms with Crippen molar-refractivity contribution >= 4 is 76.2 Å². The van der Waals surface area contributed by atoms with Gasteiger partial charge >= 0.3 is 0 Å². The summed E-state index contributed by atoms with van der Waals surface area (Å²) < 4.78 is 2.86. The zero-order chi connectivity index (χ0) is 11.7. The Labute approximate surface area is 126 Å². The molecule has 0 aliphatic heterocycles. The van der Waals surface area contributed by atoms with Crippen LogP contribution >= 0.6 is 70.5 Å². The SMILES string of the molecule is O=C(Cc1sccc1Br)c1cc(Br)sc1Br. The molecule has 0 aliphatic carbocycles. The minimum absolute atomic E-state index is 0.136. The van der Waals surface area contributed by atoms with E-state index in [9.17, 15) is 4.79 Å². The van der Waals surface area contributed by atoms with E-state index in [1.165, 1.54) is 11.3 Å². The molecule has 0 spiro atoms. The number of Topliss-reactive ketones (excluding diaryl/α,β-unsaturated/α-hetero) is 1. The van der Waals surface area contributed by atoms with Gasteiger partial charge in [0.05, 0.1) is 7.57 Å². The minimum atomic E-state index is 0.136. The summed E-state index contributed by atoms with van der Waals surface area (Å²) in [5, 5.41) is 1.98. The zero-order valence-corrected chi connectivity index (χ0v) is 14.2. The summed E-state index contributed by atoms with van der Waals surface area (Å²) in [6, 6.07) is 3.82. The second-order valence-corrected chi connectivity index (χ2v) is 8.63. The van der Waals surface area contributed by atoms with Crippen molar-refractivity contribution in [1.29, 1.82) is 0 Å². The Balaban J connectivity index is 2.21. The normalized spacial score (nSPS) is 10.7. The van der Waals surface area contributed by atoms with Crippen molar-refractivity contribution < 1.29 is 4.79 Å². The van der Waals surface area contributed by atoms with E-state index in [2.05, 4.69) is 47.8 Å². The van der Waals surface area contributed by atoms with Gasteiger partial charge in [-0.15, -0.1) is 22.7 Å². The van der Waals surface area contributed by atoms with Gasteiger partial charge in [0.1, 0.15) is 0 Å². The fourth-order valence-electron chi connectivity index (χ4n) is 1.22. The Kier molecular flexibility index (Phi) is 4.40. The van der Waals surface area contributed by atoms with E-state index in [1.807, 2.05) is 17.5 Å². The monoisotopic (exact) mass is 442 g/mol. The molecule has 0 amide bonds. The van der Waals surface area contributed by atoms with Crippen molar-refractivity contribution in [1.82, 2.24) is 0 Å². The Morgan fingerprint density at radius 3 is 2.56 bits per heavy atom. The standard InChI is InChI=1S/C10H5Br3OS2/c11-6-1-2-15-8(6)4-7(14)5-3-9(12)16-10(5)13/h1-3H,4H2. The smallest absolute Gasteiger partial charge is 0.170 e. The van der Waals surface area contributed by atoms with Gasteiger partial charge in [-0.2, -0.15) is 0 Å². The Morgan fingerprint density at radius 2 is 2.06 bits per heavy atom. The molecule has 2 aromatic rings. The molecule has 2 rings (SSSR count). The number of hydrogen-bond acceptors (Lipinski definition) is 3. The van der Waals surface area contributed by atoms with Gasteiger partial charge in [-0.3, -0.25) is 4.79 Å². The molecule has 0 N–H and O–H groups in total. The third kappa shape index (κ3) is 2.85.